The van der Waals surface area contributed by atoms with Crippen LogP contribution in [0, 0.1) is 13.8 Å². The second-order valence-corrected chi connectivity index (χ2v) is 4.96. The van der Waals surface area contributed by atoms with Gasteiger partial charge in [-0.15, -0.1) is 0 Å². The van der Waals surface area contributed by atoms with Crippen molar-refractivity contribution in [2.45, 2.75) is 20.4 Å². The van der Waals surface area contributed by atoms with Gasteiger partial charge >= 0.3 is 0 Å². The standard InChI is InChI=1S/C17H20N2O/c1-13-6-5-8-15(10-13)11-18-12-17(20)19-16-9-4-3-7-14(16)2/h3-10,18H,11-12H2,1-2H3,(H,19,20). The van der Waals surface area contributed by atoms with Gasteiger partial charge in [-0.25, -0.2) is 0 Å². The smallest absolute Gasteiger partial charge is 0.238 e. The molecule has 0 aromatic heterocycles. The molecule has 1 amide bonds. The number of aryl methyl sites for hydroxylation is 2. The number of carbonyl (C=O) groups is 1. The molecule has 3 nitrogen and oxygen atoms in total. The van der Waals surface area contributed by atoms with E-state index in [1.54, 1.807) is 0 Å². The number of amides is 1. The minimum absolute atomic E-state index is 0.0213. The number of rotatable bonds is 5. The fourth-order valence-corrected chi connectivity index (χ4v) is 2.05. The van der Waals surface area contributed by atoms with Crippen molar-refractivity contribution in [3.63, 3.8) is 0 Å². The highest BCUT2D eigenvalue weighted by molar-refractivity contribution is 5.92. The molecule has 104 valence electrons. The Morgan fingerprint density at radius 2 is 1.85 bits per heavy atom. The van der Waals surface area contributed by atoms with Crippen LogP contribution in [0.3, 0.4) is 0 Å². The average Bonchev–Trinajstić information content (AvgIpc) is 2.41. The highest BCUT2D eigenvalue weighted by Crippen LogP contribution is 2.12. The SMILES string of the molecule is Cc1cccc(CNCC(=O)Nc2ccccc2C)c1. The lowest BCUT2D eigenvalue weighted by Crippen LogP contribution is -2.27. The molecule has 0 bridgehead atoms. The van der Waals surface area contributed by atoms with E-state index in [1.807, 2.05) is 37.3 Å². The maximum atomic E-state index is 11.8. The fourth-order valence-electron chi connectivity index (χ4n) is 2.05. The largest absolute Gasteiger partial charge is 0.325 e. The van der Waals surface area contributed by atoms with Crippen molar-refractivity contribution in [2.24, 2.45) is 0 Å². The van der Waals surface area contributed by atoms with Crippen LogP contribution < -0.4 is 10.6 Å². The zero-order chi connectivity index (χ0) is 14.4. The Balaban J connectivity index is 1.80. The van der Waals surface area contributed by atoms with Gasteiger partial charge in [-0.2, -0.15) is 0 Å². The molecule has 0 saturated heterocycles. The van der Waals surface area contributed by atoms with E-state index in [0.29, 0.717) is 13.1 Å². The van der Waals surface area contributed by atoms with Gasteiger partial charge in [0.15, 0.2) is 0 Å². The molecule has 0 aliphatic carbocycles. The van der Waals surface area contributed by atoms with Crippen LogP contribution in [-0.4, -0.2) is 12.5 Å². The van der Waals surface area contributed by atoms with Gasteiger partial charge < -0.3 is 10.6 Å². The predicted octanol–water partition coefficient (Wildman–Crippen LogP) is 3.03. The van der Waals surface area contributed by atoms with Crippen LogP contribution >= 0.6 is 0 Å². The first-order chi connectivity index (χ1) is 9.65. The summed E-state index contributed by atoms with van der Waals surface area (Å²) in [5.74, 6) is -0.0213. The van der Waals surface area contributed by atoms with Crippen molar-refractivity contribution in [1.82, 2.24) is 5.32 Å². The molecule has 0 aliphatic heterocycles. The van der Waals surface area contributed by atoms with Crippen LogP contribution in [0.15, 0.2) is 48.5 Å². The summed E-state index contributed by atoms with van der Waals surface area (Å²) in [6.45, 7) is 5.05. The molecular formula is C17H20N2O. The Morgan fingerprint density at radius 1 is 1.05 bits per heavy atom. The lowest BCUT2D eigenvalue weighted by Gasteiger charge is -2.09. The Morgan fingerprint density at radius 3 is 2.60 bits per heavy atom. The zero-order valence-electron chi connectivity index (χ0n) is 11.9. The fraction of sp³-hybridized carbons (Fsp3) is 0.235. The monoisotopic (exact) mass is 268 g/mol. The van der Waals surface area contributed by atoms with Crippen molar-refractivity contribution in [3.05, 3.63) is 65.2 Å². The summed E-state index contributed by atoms with van der Waals surface area (Å²) >= 11 is 0. The van der Waals surface area contributed by atoms with Crippen molar-refractivity contribution < 1.29 is 4.79 Å². The van der Waals surface area contributed by atoms with Crippen LogP contribution in [0.4, 0.5) is 5.69 Å². The second kappa shape index (κ2) is 6.87. The number of benzene rings is 2. The molecule has 2 aromatic rings. The molecule has 0 atom stereocenters. The molecule has 0 spiro atoms. The molecule has 0 fully saturated rings. The van der Waals surface area contributed by atoms with Crippen LogP contribution in [0.2, 0.25) is 0 Å². The Hall–Kier alpha value is -2.13. The van der Waals surface area contributed by atoms with Gasteiger partial charge in [0.2, 0.25) is 5.91 Å². The van der Waals surface area contributed by atoms with Gasteiger partial charge in [0, 0.05) is 12.2 Å². The number of anilines is 1. The minimum atomic E-state index is -0.0213. The topological polar surface area (TPSA) is 41.1 Å². The maximum absolute atomic E-state index is 11.8. The lowest BCUT2D eigenvalue weighted by atomic mass is 10.1. The highest BCUT2D eigenvalue weighted by atomic mass is 16.1. The first-order valence-corrected chi connectivity index (χ1v) is 6.77. The van der Waals surface area contributed by atoms with E-state index in [4.69, 9.17) is 0 Å². The number of hydrogen-bond acceptors (Lipinski definition) is 2. The molecule has 0 radical (unpaired) electrons. The number of hydrogen-bond donors (Lipinski definition) is 2. The third-order valence-corrected chi connectivity index (χ3v) is 3.12. The lowest BCUT2D eigenvalue weighted by molar-refractivity contribution is -0.115. The van der Waals surface area contributed by atoms with Crippen LogP contribution in [0.1, 0.15) is 16.7 Å². The predicted molar refractivity (Wildman–Crippen MR) is 82.7 cm³/mol. The molecule has 0 heterocycles. The van der Waals surface area contributed by atoms with E-state index >= 15 is 0 Å². The maximum Gasteiger partial charge on any atom is 0.238 e. The molecule has 0 aliphatic rings. The number of carbonyl (C=O) groups excluding carboxylic acids is 1. The summed E-state index contributed by atoms with van der Waals surface area (Å²) < 4.78 is 0. The van der Waals surface area contributed by atoms with Crippen molar-refractivity contribution in [2.75, 3.05) is 11.9 Å². The van der Waals surface area contributed by atoms with Crippen molar-refractivity contribution in [3.8, 4) is 0 Å². The van der Waals surface area contributed by atoms with Crippen molar-refractivity contribution in [1.29, 1.82) is 0 Å². The zero-order valence-corrected chi connectivity index (χ0v) is 11.9. The minimum Gasteiger partial charge on any atom is -0.325 e. The van der Waals surface area contributed by atoms with Gasteiger partial charge in [0.25, 0.3) is 0 Å². The normalized spacial score (nSPS) is 10.3. The van der Waals surface area contributed by atoms with Gasteiger partial charge in [0.05, 0.1) is 6.54 Å². The van der Waals surface area contributed by atoms with E-state index in [1.165, 1.54) is 11.1 Å². The quantitative estimate of drug-likeness (QED) is 0.875. The number of nitrogens with one attached hydrogen (secondary N) is 2. The molecule has 2 aromatic carbocycles. The summed E-state index contributed by atoms with van der Waals surface area (Å²) in [4.78, 5) is 11.8. The van der Waals surface area contributed by atoms with Crippen LogP contribution in [0.25, 0.3) is 0 Å². The molecule has 0 unspecified atom stereocenters. The first kappa shape index (κ1) is 14.3. The summed E-state index contributed by atoms with van der Waals surface area (Å²) in [7, 11) is 0. The van der Waals surface area contributed by atoms with E-state index in [2.05, 4.69) is 35.8 Å². The third-order valence-electron chi connectivity index (χ3n) is 3.12. The molecule has 2 N–H and O–H groups in total. The van der Waals surface area contributed by atoms with Gasteiger partial charge in [-0.05, 0) is 31.0 Å². The summed E-state index contributed by atoms with van der Waals surface area (Å²) in [5.41, 5.74) is 4.36. The van der Waals surface area contributed by atoms with E-state index in [-0.39, 0.29) is 5.91 Å². The van der Waals surface area contributed by atoms with E-state index < -0.39 is 0 Å². The van der Waals surface area contributed by atoms with Crippen LogP contribution in [0.5, 0.6) is 0 Å². The average molecular weight is 268 g/mol. The van der Waals surface area contributed by atoms with Gasteiger partial charge in [0.1, 0.15) is 0 Å². The van der Waals surface area contributed by atoms with E-state index in [9.17, 15) is 4.79 Å². The number of para-hydroxylation sites is 1. The third kappa shape index (κ3) is 4.21. The van der Waals surface area contributed by atoms with Crippen molar-refractivity contribution >= 4 is 11.6 Å². The Labute approximate surface area is 120 Å². The molecule has 20 heavy (non-hydrogen) atoms. The van der Waals surface area contributed by atoms with Gasteiger partial charge in [-0.3, -0.25) is 4.79 Å². The second-order valence-electron chi connectivity index (χ2n) is 4.96. The summed E-state index contributed by atoms with van der Waals surface area (Å²) in [6.07, 6.45) is 0. The molecular weight excluding hydrogens is 248 g/mol. The van der Waals surface area contributed by atoms with E-state index in [0.717, 1.165) is 11.3 Å². The Kier molecular flexibility index (Phi) is 4.91. The molecule has 3 heteroatoms. The first-order valence-electron chi connectivity index (χ1n) is 6.77. The summed E-state index contributed by atoms with van der Waals surface area (Å²) in [5, 5.41) is 6.06. The highest BCUT2D eigenvalue weighted by Gasteiger charge is 2.03. The van der Waals surface area contributed by atoms with Gasteiger partial charge in [-0.1, -0.05) is 48.0 Å². The molecule has 0 saturated carbocycles. The van der Waals surface area contributed by atoms with Crippen LogP contribution in [-0.2, 0) is 11.3 Å². The summed E-state index contributed by atoms with van der Waals surface area (Å²) in [6, 6.07) is 16.0. The molecule has 2 rings (SSSR count). The Bertz CT molecular complexity index is 593.